The van der Waals surface area contributed by atoms with E-state index in [1.807, 2.05) is 18.2 Å². The number of aromatic nitrogens is 1. The van der Waals surface area contributed by atoms with Crippen molar-refractivity contribution in [2.75, 3.05) is 10.6 Å². The third-order valence-corrected chi connectivity index (χ3v) is 3.66. The summed E-state index contributed by atoms with van der Waals surface area (Å²) in [6.07, 6.45) is 3.08. The summed E-state index contributed by atoms with van der Waals surface area (Å²) in [7, 11) is 0. The Kier molecular flexibility index (Phi) is 5.42. The molecule has 2 aromatic carbocycles. The fourth-order valence-corrected chi connectivity index (χ4v) is 2.32. The molecule has 130 valence electrons. The Hall–Kier alpha value is -4.16. The van der Waals surface area contributed by atoms with Crippen LogP contribution in [0.3, 0.4) is 0 Å². The van der Waals surface area contributed by atoms with Crippen LogP contribution in [0.4, 0.5) is 27.4 Å². The van der Waals surface area contributed by atoms with Gasteiger partial charge in [-0.05, 0) is 60.2 Å². The molecule has 5 nitrogen and oxygen atoms in total. The molecule has 0 unspecified atom stereocenters. The maximum atomic E-state index is 14.1. The molecule has 0 radical (unpaired) electrons. The number of rotatable bonds is 5. The minimum absolute atomic E-state index is 0.0916. The van der Waals surface area contributed by atoms with Crippen LogP contribution in [-0.2, 0) is 0 Å². The van der Waals surface area contributed by atoms with E-state index in [1.54, 1.807) is 42.5 Å². The highest BCUT2D eigenvalue weighted by molar-refractivity contribution is 5.64. The molecular weight excluding hydrogens is 341 g/mol. The van der Waals surface area contributed by atoms with Gasteiger partial charge in [0.15, 0.2) is 11.6 Å². The number of hydrogen-bond donors (Lipinski definition) is 2. The standard InChI is InChI=1S/C21H14FN5/c22-19-11-12-20(25-17-9-5-16(14-24)6-10-17)27-21(19)26-18-7-3-15(4-8-18)2-1-13-23/h1-12H,(H2,25,26,27)/b2-1+. The molecule has 0 saturated carbocycles. The number of halogens is 1. The molecule has 0 bridgehead atoms. The minimum Gasteiger partial charge on any atom is -0.340 e. The van der Waals surface area contributed by atoms with Gasteiger partial charge in [-0.15, -0.1) is 0 Å². The first-order valence-corrected chi connectivity index (χ1v) is 8.05. The second kappa shape index (κ2) is 8.28. The van der Waals surface area contributed by atoms with Crippen LogP contribution in [0.25, 0.3) is 6.08 Å². The maximum Gasteiger partial charge on any atom is 0.168 e. The molecule has 0 aliphatic heterocycles. The lowest BCUT2D eigenvalue weighted by atomic mass is 10.2. The minimum atomic E-state index is -0.478. The molecule has 2 N–H and O–H groups in total. The molecule has 6 heteroatoms. The molecule has 0 aliphatic rings. The van der Waals surface area contributed by atoms with Gasteiger partial charge in [-0.1, -0.05) is 12.1 Å². The van der Waals surface area contributed by atoms with Crippen molar-refractivity contribution < 1.29 is 4.39 Å². The van der Waals surface area contributed by atoms with Crippen LogP contribution in [0.5, 0.6) is 0 Å². The third kappa shape index (κ3) is 4.68. The van der Waals surface area contributed by atoms with Crippen LogP contribution < -0.4 is 10.6 Å². The summed E-state index contributed by atoms with van der Waals surface area (Å²) in [4.78, 5) is 4.26. The van der Waals surface area contributed by atoms with E-state index < -0.39 is 5.82 Å². The monoisotopic (exact) mass is 355 g/mol. The van der Waals surface area contributed by atoms with Crippen molar-refractivity contribution in [2.24, 2.45) is 0 Å². The van der Waals surface area contributed by atoms with Crippen molar-refractivity contribution in [3.63, 3.8) is 0 Å². The number of nitriles is 2. The molecule has 0 fully saturated rings. The SMILES string of the molecule is N#C/C=C/c1ccc(Nc2nc(Nc3ccc(C#N)cc3)ccc2F)cc1. The number of benzene rings is 2. The molecule has 0 amide bonds. The van der Waals surface area contributed by atoms with Crippen molar-refractivity contribution in [1.29, 1.82) is 10.5 Å². The average Bonchev–Trinajstić information content (AvgIpc) is 2.70. The van der Waals surface area contributed by atoms with Crippen LogP contribution in [0.15, 0.2) is 66.7 Å². The summed E-state index contributed by atoms with van der Waals surface area (Å²) < 4.78 is 14.1. The second-order valence-corrected chi connectivity index (χ2v) is 5.55. The Balaban J connectivity index is 1.76. The summed E-state index contributed by atoms with van der Waals surface area (Å²) in [5.74, 6) is 0.0833. The molecule has 0 atom stereocenters. The highest BCUT2D eigenvalue weighted by atomic mass is 19.1. The summed E-state index contributed by atoms with van der Waals surface area (Å²) in [5, 5.41) is 23.4. The van der Waals surface area contributed by atoms with E-state index in [2.05, 4.69) is 21.7 Å². The van der Waals surface area contributed by atoms with Crippen molar-refractivity contribution in [3.8, 4) is 12.1 Å². The molecular formula is C21H14FN5. The van der Waals surface area contributed by atoms with E-state index in [9.17, 15) is 4.39 Å². The van der Waals surface area contributed by atoms with E-state index in [0.717, 1.165) is 11.3 Å². The number of allylic oxidation sites excluding steroid dienone is 1. The molecule has 3 rings (SSSR count). The van der Waals surface area contributed by atoms with Crippen molar-refractivity contribution in [1.82, 2.24) is 4.98 Å². The topological polar surface area (TPSA) is 84.5 Å². The van der Waals surface area contributed by atoms with Gasteiger partial charge in [-0.2, -0.15) is 10.5 Å². The third-order valence-electron chi connectivity index (χ3n) is 3.66. The quantitative estimate of drug-likeness (QED) is 0.621. The Morgan fingerprint density at radius 2 is 1.52 bits per heavy atom. The number of anilines is 4. The molecule has 3 aromatic rings. The van der Waals surface area contributed by atoms with Gasteiger partial charge < -0.3 is 10.6 Å². The predicted octanol–water partition coefficient (Wildman–Crippen LogP) is 5.12. The fourth-order valence-electron chi connectivity index (χ4n) is 2.32. The van der Waals surface area contributed by atoms with Crippen LogP contribution in [0.1, 0.15) is 11.1 Å². The van der Waals surface area contributed by atoms with Gasteiger partial charge in [0, 0.05) is 17.5 Å². The van der Waals surface area contributed by atoms with Gasteiger partial charge in [0.05, 0.1) is 17.7 Å². The van der Waals surface area contributed by atoms with Gasteiger partial charge in [0.1, 0.15) is 5.82 Å². The van der Waals surface area contributed by atoms with Gasteiger partial charge in [0.25, 0.3) is 0 Å². The lowest BCUT2D eigenvalue weighted by Crippen LogP contribution is -2.01. The summed E-state index contributed by atoms with van der Waals surface area (Å²) in [6, 6.07) is 20.9. The molecule has 0 aliphatic carbocycles. The fraction of sp³-hybridized carbons (Fsp3) is 0. The Labute approximate surface area is 156 Å². The lowest BCUT2D eigenvalue weighted by Gasteiger charge is -2.10. The zero-order valence-electron chi connectivity index (χ0n) is 14.1. The number of nitrogens with one attached hydrogen (secondary N) is 2. The predicted molar refractivity (Wildman–Crippen MR) is 103 cm³/mol. The largest absolute Gasteiger partial charge is 0.340 e. The first-order valence-electron chi connectivity index (χ1n) is 8.05. The van der Waals surface area contributed by atoms with Crippen LogP contribution in [0, 0.1) is 28.5 Å². The van der Waals surface area contributed by atoms with E-state index in [-0.39, 0.29) is 5.82 Å². The normalized spacial score (nSPS) is 10.2. The number of pyridine rings is 1. The van der Waals surface area contributed by atoms with Crippen LogP contribution in [-0.4, -0.2) is 4.98 Å². The smallest absolute Gasteiger partial charge is 0.168 e. The van der Waals surface area contributed by atoms with Gasteiger partial charge >= 0.3 is 0 Å². The van der Waals surface area contributed by atoms with E-state index in [0.29, 0.717) is 17.1 Å². The highest BCUT2D eigenvalue weighted by Gasteiger charge is 2.07. The highest BCUT2D eigenvalue weighted by Crippen LogP contribution is 2.22. The van der Waals surface area contributed by atoms with Crippen molar-refractivity contribution in [2.45, 2.75) is 0 Å². The first kappa shape index (κ1) is 17.7. The summed E-state index contributed by atoms with van der Waals surface area (Å²) >= 11 is 0. The van der Waals surface area contributed by atoms with Gasteiger partial charge in [-0.25, -0.2) is 9.37 Å². The Bertz CT molecular complexity index is 1040. The molecule has 1 aromatic heterocycles. The lowest BCUT2D eigenvalue weighted by molar-refractivity contribution is 0.627. The zero-order valence-corrected chi connectivity index (χ0v) is 14.1. The Morgan fingerprint density at radius 3 is 2.19 bits per heavy atom. The van der Waals surface area contributed by atoms with Crippen LogP contribution >= 0.6 is 0 Å². The average molecular weight is 355 g/mol. The molecule has 1 heterocycles. The molecule has 27 heavy (non-hydrogen) atoms. The summed E-state index contributed by atoms with van der Waals surface area (Å²) in [6.45, 7) is 0. The first-order chi connectivity index (χ1) is 13.2. The van der Waals surface area contributed by atoms with E-state index in [4.69, 9.17) is 10.5 Å². The van der Waals surface area contributed by atoms with Crippen molar-refractivity contribution in [3.05, 3.63) is 83.7 Å². The Morgan fingerprint density at radius 1 is 0.852 bits per heavy atom. The van der Waals surface area contributed by atoms with Gasteiger partial charge in [0.2, 0.25) is 0 Å². The molecule has 0 saturated heterocycles. The van der Waals surface area contributed by atoms with E-state index in [1.165, 1.54) is 18.2 Å². The maximum absolute atomic E-state index is 14.1. The zero-order chi connectivity index (χ0) is 19.1. The van der Waals surface area contributed by atoms with Crippen LogP contribution in [0.2, 0.25) is 0 Å². The number of nitrogens with zero attached hydrogens (tertiary/aromatic N) is 3. The molecule has 0 spiro atoms. The number of hydrogen-bond acceptors (Lipinski definition) is 5. The van der Waals surface area contributed by atoms with E-state index >= 15 is 0 Å². The summed E-state index contributed by atoms with van der Waals surface area (Å²) in [5.41, 5.74) is 2.84. The van der Waals surface area contributed by atoms with Gasteiger partial charge in [-0.3, -0.25) is 0 Å². The van der Waals surface area contributed by atoms with Crippen molar-refractivity contribution >= 4 is 29.1 Å². The second-order valence-electron chi connectivity index (χ2n) is 5.55.